The first-order valence-corrected chi connectivity index (χ1v) is 7.96. The molecule has 0 spiro atoms. The summed E-state index contributed by atoms with van der Waals surface area (Å²) in [5.74, 6) is 0.645. The summed E-state index contributed by atoms with van der Waals surface area (Å²) in [6.45, 7) is 8.79. The van der Waals surface area contributed by atoms with E-state index >= 15 is 0 Å². The molecule has 112 valence electrons. The summed E-state index contributed by atoms with van der Waals surface area (Å²) in [5, 5.41) is 0. The van der Waals surface area contributed by atoms with E-state index in [0.717, 1.165) is 31.6 Å². The van der Waals surface area contributed by atoms with Gasteiger partial charge in [0, 0.05) is 19.1 Å². The summed E-state index contributed by atoms with van der Waals surface area (Å²) in [7, 11) is 0. The van der Waals surface area contributed by atoms with E-state index in [2.05, 4.69) is 51.6 Å². The van der Waals surface area contributed by atoms with Gasteiger partial charge in [0.2, 0.25) is 0 Å². The smallest absolute Gasteiger partial charge is 0.265 e. The Morgan fingerprint density at radius 3 is 2.95 bits per heavy atom. The zero-order valence-corrected chi connectivity index (χ0v) is 13.9. The van der Waals surface area contributed by atoms with Crippen LogP contribution in [0.2, 0.25) is 0 Å². The van der Waals surface area contributed by atoms with E-state index in [1.54, 1.807) is 0 Å². The first kappa shape index (κ1) is 15.7. The Morgan fingerprint density at radius 2 is 2.30 bits per heavy atom. The van der Waals surface area contributed by atoms with Crippen LogP contribution in [0.15, 0.2) is 9.27 Å². The first-order chi connectivity index (χ1) is 9.52. The second kappa shape index (κ2) is 6.83. The number of H-pyrrole nitrogens is 1. The molecule has 1 saturated heterocycles. The van der Waals surface area contributed by atoms with Crippen LogP contribution in [0.5, 0.6) is 0 Å². The summed E-state index contributed by atoms with van der Waals surface area (Å²) in [5.41, 5.74) is 0.695. The third-order valence-electron chi connectivity index (χ3n) is 3.57. The number of ether oxygens (including phenoxy) is 1. The molecule has 0 radical (unpaired) electrons. The molecule has 1 aliphatic rings. The zero-order chi connectivity index (χ0) is 14.7. The van der Waals surface area contributed by atoms with Crippen LogP contribution in [-0.4, -0.2) is 40.6 Å². The number of aromatic nitrogens is 2. The molecular formula is C14H22BrN3O2. The summed E-state index contributed by atoms with van der Waals surface area (Å²) in [4.78, 5) is 21.7. The minimum atomic E-state index is -0.150. The lowest BCUT2D eigenvalue weighted by atomic mass is 10.2. The molecule has 0 saturated carbocycles. The third-order valence-corrected chi connectivity index (χ3v) is 4.39. The highest BCUT2D eigenvalue weighted by atomic mass is 79.9. The first-order valence-electron chi connectivity index (χ1n) is 7.17. The van der Waals surface area contributed by atoms with E-state index in [1.165, 1.54) is 0 Å². The number of nitrogens with one attached hydrogen (secondary N) is 1. The number of aromatic amines is 1. The van der Waals surface area contributed by atoms with Crippen molar-refractivity contribution in [1.29, 1.82) is 0 Å². The number of hydrogen-bond acceptors (Lipinski definition) is 4. The van der Waals surface area contributed by atoms with Crippen molar-refractivity contribution in [2.24, 2.45) is 0 Å². The molecular weight excluding hydrogens is 322 g/mol. The minimum absolute atomic E-state index is 0.122. The van der Waals surface area contributed by atoms with E-state index in [4.69, 9.17) is 4.74 Å². The minimum Gasteiger partial charge on any atom is -0.368 e. The van der Waals surface area contributed by atoms with Gasteiger partial charge in [0.15, 0.2) is 0 Å². The summed E-state index contributed by atoms with van der Waals surface area (Å²) < 4.78 is 6.32. The van der Waals surface area contributed by atoms with Gasteiger partial charge in [-0.15, -0.1) is 0 Å². The van der Waals surface area contributed by atoms with Gasteiger partial charge in [0.25, 0.3) is 5.56 Å². The Morgan fingerprint density at radius 1 is 1.55 bits per heavy atom. The number of aryl methyl sites for hydroxylation is 1. The van der Waals surface area contributed by atoms with Crippen LogP contribution in [0.25, 0.3) is 0 Å². The lowest BCUT2D eigenvalue weighted by Crippen LogP contribution is -2.43. The van der Waals surface area contributed by atoms with Crippen LogP contribution < -0.4 is 5.56 Å². The molecule has 1 aliphatic heterocycles. The highest BCUT2D eigenvalue weighted by molar-refractivity contribution is 9.10. The average molecular weight is 344 g/mol. The monoisotopic (exact) mass is 343 g/mol. The van der Waals surface area contributed by atoms with Crippen molar-refractivity contribution in [1.82, 2.24) is 14.9 Å². The third kappa shape index (κ3) is 3.48. The molecule has 1 N–H and O–H groups in total. The Hall–Kier alpha value is -0.720. The SMILES string of the molecule is CCCc1nc(C2CN(C(C)C)CCO2)[nH]c(=O)c1Br. The molecule has 5 nitrogen and oxygen atoms in total. The van der Waals surface area contributed by atoms with Crippen molar-refractivity contribution in [3.63, 3.8) is 0 Å². The molecule has 1 fully saturated rings. The molecule has 1 aromatic rings. The van der Waals surface area contributed by atoms with Gasteiger partial charge in [-0.1, -0.05) is 13.3 Å². The fourth-order valence-electron chi connectivity index (χ4n) is 2.38. The maximum Gasteiger partial charge on any atom is 0.265 e. The topological polar surface area (TPSA) is 58.2 Å². The van der Waals surface area contributed by atoms with E-state index in [-0.39, 0.29) is 11.7 Å². The zero-order valence-electron chi connectivity index (χ0n) is 12.3. The van der Waals surface area contributed by atoms with Gasteiger partial charge < -0.3 is 9.72 Å². The number of hydrogen-bond donors (Lipinski definition) is 1. The lowest BCUT2D eigenvalue weighted by molar-refractivity contribution is -0.0444. The van der Waals surface area contributed by atoms with Crippen LogP contribution in [0.4, 0.5) is 0 Å². The van der Waals surface area contributed by atoms with E-state index < -0.39 is 0 Å². The Bertz CT molecular complexity index is 516. The van der Waals surface area contributed by atoms with Crippen molar-refractivity contribution >= 4 is 15.9 Å². The van der Waals surface area contributed by atoms with Crippen molar-refractivity contribution in [3.8, 4) is 0 Å². The molecule has 1 atom stereocenters. The van der Waals surface area contributed by atoms with Gasteiger partial charge in [0.1, 0.15) is 16.4 Å². The second-order valence-electron chi connectivity index (χ2n) is 5.41. The van der Waals surface area contributed by atoms with E-state index in [0.29, 0.717) is 22.9 Å². The molecule has 2 rings (SSSR count). The van der Waals surface area contributed by atoms with Crippen LogP contribution >= 0.6 is 15.9 Å². The molecule has 0 aliphatic carbocycles. The molecule has 0 bridgehead atoms. The maximum atomic E-state index is 12.0. The van der Waals surface area contributed by atoms with Crippen LogP contribution in [0.1, 0.15) is 44.8 Å². The number of nitrogens with zero attached hydrogens (tertiary/aromatic N) is 2. The van der Waals surface area contributed by atoms with Crippen molar-refractivity contribution in [3.05, 3.63) is 26.3 Å². The van der Waals surface area contributed by atoms with Gasteiger partial charge in [-0.05, 0) is 36.2 Å². The fraction of sp³-hybridized carbons (Fsp3) is 0.714. The lowest BCUT2D eigenvalue weighted by Gasteiger charge is -2.35. The number of rotatable bonds is 4. The van der Waals surface area contributed by atoms with Gasteiger partial charge in [-0.2, -0.15) is 0 Å². The van der Waals surface area contributed by atoms with Crippen LogP contribution in [0, 0.1) is 0 Å². The van der Waals surface area contributed by atoms with Gasteiger partial charge in [-0.3, -0.25) is 9.69 Å². The average Bonchev–Trinajstić information content (AvgIpc) is 2.44. The Kier molecular flexibility index (Phi) is 5.35. The van der Waals surface area contributed by atoms with Gasteiger partial charge >= 0.3 is 0 Å². The quantitative estimate of drug-likeness (QED) is 0.910. The molecule has 0 aromatic carbocycles. The van der Waals surface area contributed by atoms with Crippen LogP contribution in [0.3, 0.4) is 0 Å². The summed E-state index contributed by atoms with van der Waals surface area (Å²) >= 11 is 3.32. The number of morpholine rings is 1. The van der Waals surface area contributed by atoms with Gasteiger partial charge in [-0.25, -0.2) is 4.98 Å². The van der Waals surface area contributed by atoms with E-state index in [1.807, 2.05) is 0 Å². The van der Waals surface area contributed by atoms with E-state index in [9.17, 15) is 4.79 Å². The highest BCUT2D eigenvalue weighted by Crippen LogP contribution is 2.21. The summed E-state index contributed by atoms with van der Waals surface area (Å²) in [6.07, 6.45) is 1.60. The van der Waals surface area contributed by atoms with Crippen molar-refractivity contribution in [2.45, 2.75) is 45.8 Å². The standard InChI is InChI=1S/C14H22BrN3O2/c1-4-5-10-12(15)14(19)17-13(16-10)11-8-18(9(2)3)6-7-20-11/h9,11H,4-8H2,1-3H3,(H,16,17,19). The molecule has 2 heterocycles. The predicted molar refractivity (Wildman–Crippen MR) is 82.0 cm³/mol. The molecule has 6 heteroatoms. The van der Waals surface area contributed by atoms with Crippen LogP contribution in [-0.2, 0) is 11.2 Å². The largest absolute Gasteiger partial charge is 0.368 e. The highest BCUT2D eigenvalue weighted by Gasteiger charge is 2.26. The Balaban J connectivity index is 2.26. The maximum absolute atomic E-state index is 12.0. The normalized spacial score (nSPS) is 20.6. The fourth-order valence-corrected chi connectivity index (χ4v) is 2.77. The Labute approximate surface area is 127 Å². The second-order valence-corrected chi connectivity index (χ2v) is 6.20. The summed E-state index contributed by atoms with van der Waals surface area (Å²) in [6, 6.07) is 0.471. The molecule has 1 unspecified atom stereocenters. The number of halogens is 1. The van der Waals surface area contributed by atoms with Crippen molar-refractivity contribution < 1.29 is 4.74 Å². The van der Waals surface area contributed by atoms with Crippen molar-refractivity contribution in [2.75, 3.05) is 19.7 Å². The molecule has 20 heavy (non-hydrogen) atoms. The predicted octanol–water partition coefficient (Wildman–Crippen LogP) is 2.27. The molecule has 1 aromatic heterocycles. The van der Waals surface area contributed by atoms with Gasteiger partial charge in [0.05, 0.1) is 12.3 Å². The molecule has 0 amide bonds.